The van der Waals surface area contributed by atoms with Crippen LogP contribution in [-0.2, 0) is 0 Å². The predicted octanol–water partition coefficient (Wildman–Crippen LogP) is 1.92. The molecule has 2 heterocycles. The van der Waals surface area contributed by atoms with Crippen molar-refractivity contribution in [3.05, 3.63) is 41.8 Å². The minimum atomic E-state index is 0.564. The van der Waals surface area contributed by atoms with E-state index in [-0.39, 0.29) is 0 Å². The highest BCUT2D eigenvalue weighted by Gasteiger charge is 2.00. The normalized spacial score (nSPS) is 10.1. The summed E-state index contributed by atoms with van der Waals surface area (Å²) in [6.07, 6.45) is 3.34. The van der Waals surface area contributed by atoms with E-state index in [4.69, 9.17) is 11.6 Å². The summed E-state index contributed by atoms with van der Waals surface area (Å²) in [5.41, 5.74) is 0. The van der Waals surface area contributed by atoms with Crippen LogP contribution in [0.15, 0.2) is 36.7 Å². The molecule has 0 spiro atoms. The van der Waals surface area contributed by atoms with Gasteiger partial charge in [0.1, 0.15) is 5.15 Å². The maximum Gasteiger partial charge on any atom is 0.154 e. The summed E-state index contributed by atoms with van der Waals surface area (Å²) in [5, 5.41) is 4.57. The van der Waals surface area contributed by atoms with E-state index in [0.29, 0.717) is 5.15 Å². The van der Waals surface area contributed by atoms with E-state index in [9.17, 15) is 0 Å². The van der Waals surface area contributed by atoms with Gasteiger partial charge in [-0.2, -0.15) is 5.10 Å². The Balaban J connectivity index is 2.51. The van der Waals surface area contributed by atoms with Crippen LogP contribution in [0.4, 0.5) is 0 Å². The standard InChI is InChI=1S/C8H6ClN3/c9-7-4-6-11-12(7)8-3-1-2-5-10-8/h1-6H. The number of nitrogens with zero attached hydrogens (tertiary/aromatic N) is 3. The van der Waals surface area contributed by atoms with E-state index in [1.165, 1.54) is 0 Å². The molecular weight excluding hydrogens is 174 g/mol. The molecule has 2 rings (SSSR count). The minimum Gasteiger partial charge on any atom is -0.237 e. The molecule has 0 radical (unpaired) electrons. The SMILES string of the molecule is Clc1ccnn1-c1ccccn1. The molecule has 0 aliphatic heterocycles. The first-order chi connectivity index (χ1) is 5.88. The summed E-state index contributed by atoms with van der Waals surface area (Å²) in [5.74, 6) is 0.729. The third-order valence-electron chi connectivity index (χ3n) is 1.46. The average molecular weight is 180 g/mol. The Hall–Kier alpha value is -1.35. The number of hydrogen-bond donors (Lipinski definition) is 0. The van der Waals surface area contributed by atoms with Gasteiger partial charge in [-0.15, -0.1) is 0 Å². The maximum absolute atomic E-state index is 5.83. The fourth-order valence-corrected chi connectivity index (χ4v) is 1.12. The van der Waals surface area contributed by atoms with Crippen molar-refractivity contribution >= 4 is 11.6 Å². The Kier molecular flexibility index (Phi) is 1.80. The van der Waals surface area contributed by atoms with E-state index in [1.807, 2.05) is 18.2 Å². The maximum atomic E-state index is 5.83. The summed E-state index contributed by atoms with van der Waals surface area (Å²) in [6.45, 7) is 0. The Morgan fingerprint density at radius 3 is 2.67 bits per heavy atom. The zero-order valence-corrected chi connectivity index (χ0v) is 6.94. The van der Waals surface area contributed by atoms with Gasteiger partial charge < -0.3 is 0 Å². The summed E-state index contributed by atoms with van der Waals surface area (Å²) in [6, 6.07) is 7.30. The molecule has 0 N–H and O–H groups in total. The first-order valence-electron chi connectivity index (χ1n) is 3.49. The fraction of sp³-hybridized carbons (Fsp3) is 0. The Labute approximate surface area is 74.6 Å². The van der Waals surface area contributed by atoms with Crippen LogP contribution in [0.1, 0.15) is 0 Å². The molecule has 0 fully saturated rings. The van der Waals surface area contributed by atoms with Crippen molar-refractivity contribution in [3.8, 4) is 5.82 Å². The van der Waals surface area contributed by atoms with Gasteiger partial charge in [0, 0.05) is 6.20 Å². The van der Waals surface area contributed by atoms with Crippen molar-refractivity contribution in [2.45, 2.75) is 0 Å². The van der Waals surface area contributed by atoms with Gasteiger partial charge in [-0.25, -0.2) is 9.67 Å². The van der Waals surface area contributed by atoms with Crippen LogP contribution in [0.25, 0.3) is 5.82 Å². The van der Waals surface area contributed by atoms with Crippen LogP contribution in [0.3, 0.4) is 0 Å². The molecule has 60 valence electrons. The molecule has 3 nitrogen and oxygen atoms in total. The van der Waals surface area contributed by atoms with Crippen molar-refractivity contribution in [1.82, 2.24) is 14.8 Å². The zero-order valence-electron chi connectivity index (χ0n) is 6.18. The van der Waals surface area contributed by atoms with E-state index < -0.39 is 0 Å². The first-order valence-corrected chi connectivity index (χ1v) is 3.86. The molecule has 0 saturated heterocycles. The molecule has 0 bridgehead atoms. The van der Waals surface area contributed by atoms with Crippen LogP contribution < -0.4 is 0 Å². The van der Waals surface area contributed by atoms with Crippen molar-refractivity contribution in [2.24, 2.45) is 0 Å². The second kappa shape index (κ2) is 2.95. The molecule has 2 aromatic heterocycles. The van der Waals surface area contributed by atoms with Crippen LogP contribution in [0.2, 0.25) is 5.15 Å². The lowest BCUT2D eigenvalue weighted by Gasteiger charge is -1.99. The third-order valence-corrected chi connectivity index (χ3v) is 1.75. The molecule has 0 atom stereocenters. The minimum absolute atomic E-state index is 0.564. The van der Waals surface area contributed by atoms with Gasteiger partial charge in [0.25, 0.3) is 0 Å². The molecule has 0 aliphatic carbocycles. The monoisotopic (exact) mass is 179 g/mol. The second-order valence-corrected chi connectivity index (χ2v) is 2.64. The first kappa shape index (κ1) is 7.31. The van der Waals surface area contributed by atoms with E-state index in [1.54, 1.807) is 23.1 Å². The van der Waals surface area contributed by atoms with Crippen molar-refractivity contribution < 1.29 is 0 Å². The lowest BCUT2D eigenvalue weighted by atomic mass is 10.5. The highest BCUT2D eigenvalue weighted by atomic mass is 35.5. The number of aromatic nitrogens is 3. The van der Waals surface area contributed by atoms with Crippen molar-refractivity contribution in [2.75, 3.05) is 0 Å². The lowest BCUT2D eigenvalue weighted by Crippen LogP contribution is -1.97. The smallest absolute Gasteiger partial charge is 0.154 e. The van der Waals surface area contributed by atoms with Crippen LogP contribution in [-0.4, -0.2) is 14.8 Å². The number of halogens is 1. The van der Waals surface area contributed by atoms with Gasteiger partial charge in [-0.1, -0.05) is 17.7 Å². The molecule has 0 unspecified atom stereocenters. The summed E-state index contributed by atoms with van der Waals surface area (Å²) >= 11 is 5.83. The summed E-state index contributed by atoms with van der Waals surface area (Å²) < 4.78 is 1.57. The van der Waals surface area contributed by atoms with Crippen molar-refractivity contribution in [3.63, 3.8) is 0 Å². The average Bonchev–Trinajstić information content (AvgIpc) is 2.53. The van der Waals surface area contributed by atoms with E-state index >= 15 is 0 Å². The van der Waals surface area contributed by atoms with Gasteiger partial charge in [0.05, 0.1) is 6.20 Å². The molecule has 0 saturated carbocycles. The highest BCUT2D eigenvalue weighted by Crippen LogP contribution is 2.11. The molecule has 2 aromatic rings. The van der Waals surface area contributed by atoms with Gasteiger partial charge in [-0.3, -0.25) is 0 Å². The van der Waals surface area contributed by atoms with Crippen LogP contribution in [0, 0.1) is 0 Å². The molecule has 0 aliphatic rings. The van der Waals surface area contributed by atoms with Gasteiger partial charge in [0.15, 0.2) is 5.82 Å². The van der Waals surface area contributed by atoms with Crippen LogP contribution in [0.5, 0.6) is 0 Å². The fourth-order valence-electron chi connectivity index (χ4n) is 0.935. The van der Waals surface area contributed by atoms with E-state index in [0.717, 1.165) is 5.82 Å². The summed E-state index contributed by atoms with van der Waals surface area (Å²) in [4.78, 5) is 4.10. The van der Waals surface area contributed by atoms with E-state index in [2.05, 4.69) is 10.1 Å². The molecule has 0 amide bonds. The number of hydrogen-bond acceptors (Lipinski definition) is 2. The quantitative estimate of drug-likeness (QED) is 0.670. The zero-order chi connectivity index (χ0) is 8.39. The number of rotatable bonds is 1. The topological polar surface area (TPSA) is 30.7 Å². The molecule has 12 heavy (non-hydrogen) atoms. The second-order valence-electron chi connectivity index (χ2n) is 2.25. The Morgan fingerprint density at radius 1 is 1.17 bits per heavy atom. The highest BCUT2D eigenvalue weighted by molar-refractivity contribution is 6.29. The predicted molar refractivity (Wildman–Crippen MR) is 46.4 cm³/mol. The Bertz CT molecular complexity index is 369. The molecular formula is C8H6ClN3. The lowest BCUT2D eigenvalue weighted by molar-refractivity contribution is 0.848. The van der Waals surface area contributed by atoms with Crippen LogP contribution >= 0.6 is 11.6 Å². The largest absolute Gasteiger partial charge is 0.237 e. The molecule has 4 heteroatoms. The van der Waals surface area contributed by atoms with Crippen molar-refractivity contribution in [1.29, 1.82) is 0 Å². The third kappa shape index (κ3) is 1.19. The van der Waals surface area contributed by atoms with Gasteiger partial charge >= 0.3 is 0 Å². The van der Waals surface area contributed by atoms with Gasteiger partial charge in [0.2, 0.25) is 0 Å². The van der Waals surface area contributed by atoms with Gasteiger partial charge in [-0.05, 0) is 18.2 Å². The Morgan fingerprint density at radius 2 is 2.08 bits per heavy atom. The summed E-state index contributed by atoms with van der Waals surface area (Å²) in [7, 11) is 0. The molecule has 0 aromatic carbocycles. The number of pyridine rings is 1.